The molecule has 3 heteroatoms. The molecule has 0 saturated heterocycles. The van der Waals surface area contributed by atoms with Gasteiger partial charge in [0.1, 0.15) is 0 Å². The molecule has 3 unspecified atom stereocenters. The maximum absolute atomic E-state index is 2.33. The quantitative estimate of drug-likeness (QED) is 0.640. The van der Waals surface area contributed by atoms with Crippen LogP contribution in [0.4, 0.5) is 0 Å². The van der Waals surface area contributed by atoms with Gasteiger partial charge in [0.2, 0.25) is 48.9 Å². The van der Waals surface area contributed by atoms with E-state index in [1.807, 2.05) is 0 Å². The summed E-state index contributed by atoms with van der Waals surface area (Å²) in [5, 5.41) is 4.37. The fraction of sp³-hybridized carbons (Fsp3) is 1.00. The first-order valence-corrected chi connectivity index (χ1v) is 13.8. The highest BCUT2D eigenvalue weighted by Gasteiger charge is 2.02. The molecular formula is C18H45Al3. The van der Waals surface area contributed by atoms with Crippen molar-refractivity contribution < 1.29 is 0 Å². The molecule has 3 atom stereocenters. The van der Waals surface area contributed by atoms with Crippen LogP contribution < -0.4 is 0 Å². The van der Waals surface area contributed by atoms with Crippen LogP contribution in [0.25, 0.3) is 0 Å². The molecule has 21 heavy (non-hydrogen) atoms. The molecular weight excluding hydrogens is 297 g/mol. The standard InChI is InChI=1S/3C6H13.3Al.6H/c3*1-5(2)6(3)4;;;;;;;;;/h3*5-6H,1H2,2-4H3;;;;;;;;;. The predicted molar refractivity (Wildman–Crippen MR) is 112 cm³/mol. The molecule has 0 aromatic carbocycles. The lowest BCUT2D eigenvalue weighted by Crippen LogP contribution is -2.01. The monoisotopic (exact) mass is 342 g/mol. The summed E-state index contributed by atoms with van der Waals surface area (Å²) in [5.74, 6) is 5.59. The SMILES string of the molecule is CC(C)C(C)[CH2][AlH2].CC(C)C(C)[CH2][AlH2].CC(C)C(C)[CH2][AlH2]. The minimum atomic E-state index is 0.900. The smallest absolute Gasteiger partial charge is 0.0985 e. The molecule has 0 amide bonds. The van der Waals surface area contributed by atoms with Crippen LogP contribution in [0, 0.1) is 35.5 Å². The summed E-state index contributed by atoms with van der Waals surface area (Å²) in [5.41, 5.74) is 0. The van der Waals surface area contributed by atoms with E-state index < -0.39 is 0 Å². The van der Waals surface area contributed by atoms with Gasteiger partial charge in [-0.25, -0.2) is 0 Å². The van der Waals surface area contributed by atoms with Crippen LogP contribution >= 0.6 is 0 Å². The molecule has 0 bridgehead atoms. The summed E-state index contributed by atoms with van der Waals surface area (Å²) in [6, 6.07) is 0. The van der Waals surface area contributed by atoms with Crippen molar-refractivity contribution in [2.24, 2.45) is 35.5 Å². The fourth-order valence-electron chi connectivity index (χ4n) is 1.41. The summed E-state index contributed by atoms with van der Waals surface area (Å²) >= 11 is 4.11. The lowest BCUT2D eigenvalue weighted by atomic mass is 10.0. The second-order valence-electron chi connectivity index (χ2n) is 7.89. The Kier molecular flexibility index (Phi) is 23.5. The topological polar surface area (TPSA) is 0 Å². The molecule has 0 radical (unpaired) electrons. The van der Waals surface area contributed by atoms with Gasteiger partial charge in [-0.1, -0.05) is 95.9 Å². The van der Waals surface area contributed by atoms with Gasteiger partial charge in [0, 0.05) is 0 Å². The van der Waals surface area contributed by atoms with Crippen molar-refractivity contribution in [2.45, 2.75) is 78.2 Å². The molecule has 0 spiro atoms. The molecule has 0 aliphatic heterocycles. The molecule has 0 saturated carbocycles. The Morgan fingerprint density at radius 2 is 0.571 bits per heavy atom. The van der Waals surface area contributed by atoms with Gasteiger partial charge in [0.05, 0.1) is 0 Å². The molecule has 0 aliphatic carbocycles. The van der Waals surface area contributed by atoms with Crippen LogP contribution in [0.15, 0.2) is 0 Å². The van der Waals surface area contributed by atoms with Crippen molar-refractivity contribution in [3.8, 4) is 0 Å². The van der Waals surface area contributed by atoms with Gasteiger partial charge in [-0.15, -0.1) is 0 Å². The third-order valence-corrected chi connectivity index (χ3v) is 9.21. The molecule has 0 nitrogen and oxygen atoms in total. The first kappa shape index (κ1) is 27.4. The van der Waals surface area contributed by atoms with Crippen LogP contribution in [0.5, 0.6) is 0 Å². The molecule has 0 rings (SSSR count). The maximum Gasteiger partial charge on any atom is 0.212 e. The normalized spacial score (nSPS) is 14.9. The van der Waals surface area contributed by atoms with Gasteiger partial charge < -0.3 is 0 Å². The third-order valence-electron chi connectivity index (χ3n) is 5.35. The zero-order valence-electron chi connectivity index (χ0n) is 17.6. The van der Waals surface area contributed by atoms with E-state index in [4.69, 9.17) is 0 Å². The number of hydrogen-bond donors (Lipinski definition) is 0. The molecule has 126 valence electrons. The molecule has 0 aromatic heterocycles. The predicted octanol–water partition coefficient (Wildman–Crippen LogP) is 3.99. The van der Waals surface area contributed by atoms with Crippen molar-refractivity contribution in [3.63, 3.8) is 0 Å². The Hall–Kier alpha value is 1.60. The first-order chi connectivity index (χ1) is 9.54. The first-order valence-electron chi connectivity index (χ1n) is 9.54. The van der Waals surface area contributed by atoms with E-state index in [1.54, 1.807) is 0 Å². The van der Waals surface area contributed by atoms with Crippen LogP contribution in [0.3, 0.4) is 0 Å². The average Bonchev–Trinajstić information content (AvgIpc) is 2.45. The number of rotatable bonds is 6. The summed E-state index contributed by atoms with van der Waals surface area (Å²) in [6.45, 7) is 20.8. The Bertz CT molecular complexity index is 158. The van der Waals surface area contributed by atoms with Crippen molar-refractivity contribution >= 4 is 48.9 Å². The minimum Gasteiger partial charge on any atom is -0.0985 e. The van der Waals surface area contributed by atoms with Gasteiger partial charge in [-0.05, 0) is 17.8 Å². The van der Waals surface area contributed by atoms with Crippen molar-refractivity contribution in [1.82, 2.24) is 0 Å². The van der Waals surface area contributed by atoms with Gasteiger partial charge in [-0.2, -0.15) is 0 Å². The largest absolute Gasteiger partial charge is 0.212 e. The van der Waals surface area contributed by atoms with E-state index in [-0.39, 0.29) is 0 Å². The Morgan fingerprint density at radius 3 is 0.571 bits per heavy atom. The lowest BCUT2D eigenvalue weighted by molar-refractivity contribution is 0.457. The van der Waals surface area contributed by atoms with Crippen molar-refractivity contribution in [1.29, 1.82) is 0 Å². The lowest BCUT2D eigenvalue weighted by Gasteiger charge is -2.10. The van der Waals surface area contributed by atoms with E-state index in [1.165, 1.54) is 64.7 Å². The van der Waals surface area contributed by atoms with E-state index in [0.29, 0.717) is 0 Å². The highest BCUT2D eigenvalue weighted by Crippen LogP contribution is 2.12. The van der Waals surface area contributed by atoms with Crippen LogP contribution in [0.1, 0.15) is 62.3 Å². The van der Waals surface area contributed by atoms with E-state index >= 15 is 0 Å². The van der Waals surface area contributed by atoms with E-state index in [0.717, 1.165) is 35.5 Å². The molecule has 0 aromatic rings. The highest BCUT2D eigenvalue weighted by atomic mass is 27.1. The van der Waals surface area contributed by atoms with Gasteiger partial charge in [0.15, 0.2) is 0 Å². The average molecular weight is 343 g/mol. The maximum atomic E-state index is 2.33. The molecule has 0 fully saturated rings. The molecule has 0 heterocycles. The zero-order valence-corrected chi connectivity index (χ0v) is 23.6. The van der Waals surface area contributed by atoms with E-state index in [9.17, 15) is 0 Å². The van der Waals surface area contributed by atoms with E-state index in [2.05, 4.69) is 62.3 Å². The van der Waals surface area contributed by atoms with Crippen molar-refractivity contribution in [3.05, 3.63) is 0 Å². The summed E-state index contributed by atoms with van der Waals surface area (Å²) in [7, 11) is 0. The van der Waals surface area contributed by atoms with Crippen LogP contribution in [0.2, 0.25) is 15.8 Å². The molecule has 0 N–H and O–H groups in total. The summed E-state index contributed by atoms with van der Waals surface area (Å²) in [6.07, 6.45) is 0. The third kappa shape index (κ3) is 21.6. The second-order valence-corrected chi connectivity index (χ2v) is 10.3. The van der Waals surface area contributed by atoms with Gasteiger partial charge in [-0.3, -0.25) is 0 Å². The van der Waals surface area contributed by atoms with Gasteiger partial charge in [0.25, 0.3) is 0 Å². The molecule has 0 aliphatic rings. The van der Waals surface area contributed by atoms with Crippen LogP contribution in [-0.4, -0.2) is 48.9 Å². The van der Waals surface area contributed by atoms with Crippen molar-refractivity contribution in [2.75, 3.05) is 0 Å². The summed E-state index contributed by atoms with van der Waals surface area (Å²) < 4.78 is 0. The zero-order chi connectivity index (χ0) is 17.6. The van der Waals surface area contributed by atoms with Gasteiger partial charge >= 0.3 is 0 Å². The Balaban J connectivity index is -0.000000231. The number of hydrogen-bond acceptors (Lipinski definition) is 0. The Labute approximate surface area is 161 Å². The Morgan fingerprint density at radius 1 is 0.429 bits per heavy atom. The highest BCUT2D eigenvalue weighted by molar-refractivity contribution is 6.09. The summed E-state index contributed by atoms with van der Waals surface area (Å²) in [4.78, 5) is 0. The second kappa shape index (κ2) is 17.9. The fourth-order valence-corrected chi connectivity index (χ4v) is 4.24. The minimum absolute atomic E-state index is 0.900. The van der Waals surface area contributed by atoms with Crippen LogP contribution in [-0.2, 0) is 0 Å².